The van der Waals surface area contributed by atoms with Gasteiger partial charge < -0.3 is 21.7 Å². The number of nitrogens with zero attached hydrogens (tertiary/aromatic N) is 1. The summed E-state index contributed by atoms with van der Waals surface area (Å²) >= 11 is 1.34. The lowest BCUT2D eigenvalue weighted by Gasteiger charge is -2.04. The summed E-state index contributed by atoms with van der Waals surface area (Å²) < 4.78 is 0. The van der Waals surface area contributed by atoms with Crippen LogP contribution in [0.2, 0.25) is 0 Å². The monoisotopic (exact) mass is 295 g/mol. The number of aromatic nitrogens is 1. The summed E-state index contributed by atoms with van der Waals surface area (Å²) in [5.74, 6) is 0.210. The predicted molar refractivity (Wildman–Crippen MR) is 81.1 cm³/mol. The molecule has 0 radical (unpaired) electrons. The van der Waals surface area contributed by atoms with Crippen LogP contribution in [0.1, 0.15) is 41.8 Å². The van der Waals surface area contributed by atoms with Gasteiger partial charge in [-0.05, 0) is 38.6 Å². The average Bonchev–Trinajstić information content (AvgIpc) is 3.30. The van der Waals surface area contributed by atoms with E-state index in [0.29, 0.717) is 23.3 Å². The van der Waals surface area contributed by atoms with Crippen molar-refractivity contribution in [1.29, 1.82) is 0 Å². The van der Waals surface area contributed by atoms with Crippen LogP contribution in [0.5, 0.6) is 0 Å². The maximum atomic E-state index is 12.0. The minimum absolute atomic E-state index is 0.115. The topological polar surface area (TPSA) is 92.1 Å². The van der Waals surface area contributed by atoms with Crippen LogP contribution in [0.4, 0.5) is 10.9 Å². The van der Waals surface area contributed by atoms with E-state index < -0.39 is 0 Å². The largest absolute Gasteiger partial charge is 0.382 e. The molecule has 20 heavy (non-hydrogen) atoms. The second kappa shape index (κ2) is 5.97. The van der Waals surface area contributed by atoms with E-state index in [4.69, 9.17) is 5.73 Å². The molecule has 1 amide bonds. The van der Waals surface area contributed by atoms with Crippen molar-refractivity contribution >= 4 is 28.2 Å². The van der Waals surface area contributed by atoms with E-state index in [1.807, 2.05) is 0 Å². The molecule has 0 aliphatic heterocycles. The first-order valence-electron chi connectivity index (χ1n) is 7.27. The first-order chi connectivity index (χ1) is 9.72. The summed E-state index contributed by atoms with van der Waals surface area (Å²) in [5.41, 5.74) is 5.80. The lowest BCUT2D eigenvalue weighted by atomic mass is 10.4. The van der Waals surface area contributed by atoms with Gasteiger partial charge in [-0.25, -0.2) is 4.98 Å². The third kappa shape index (κ3) is 3.83. The van der Waals surface area contributed by atoms with E-state index in [1.165, 1.54) is 37.0 Å². The summed E-state index contributed by atoms with van der Waals surface area (Å²) in [4.78, 5) is 16.7. The molecule has 1 heterocycles. The average molecular weight is 295 g/mol. The molecule has 2 fully saturated rings. The molecule has 3 rings (SSSR count). The molecule has 5 N–H and O–H groups in total. The van der Waals surface area contributed by atoms with E-state index in [2.05, 4.69) is 20.9 Å². The van der Waals surface area contributed by atoms with Gasteiger partial charge in [0.25, 0.3) is 5.91 Å². The van der Waals surface area contributed by atoms with Crippen molar-refractivity contribution < 1.29 is 4.79 Å². The smallest absolute Gasteiger partial charge is 0.265 e. The van der Waals surface area contributed by atoms with Crippen LogP contribution in [0.25, 0.3) is 0 Å². The van der Waals surface area contributed by atoms with Crippen molar-refractivity contribution in [3.05, 3.63) is 4.88 Å². The number of nitrogens with two attached hydrogens (primary N) is 1. The number of hydrogen-bond donors (Lipinski definition) is 4. The van der Waals surface area contributed by atoms with E-state index in [0.717, 1.165) is 24.1 Å². The van der Waals surface area contributed by atoms with Crippen molar-refractivity contribution in [2.45, 2.75) is 44.2 Å². The van der Waals surface area contributed by atoms with Gasteiger partial charge in [0.15, 0.2) is 5.13 Å². The minimum Gasteiger partial charge on any atom is -0.382 e. The molecular weight excluding hydrogens is 274 g/mol. The molecule has 2 saturated carbocycles. The number of thiazole rings is 1. The lowest BCUT2D eigenvalue weighted by molar-refractivity contribution is 0.0958. The van der Waals surface area contributed by atoms with Crippen LogP contribution in [0.3, 0.4) is 0 Å². The highest BCUT2D eigenvalue weighted by atomic mass is 32.1. The molecule has 0 bridgehead atoms. The van der Waals surface area contributed by atoms with E-state index >= 15 is 0 Å². The second-order valence-corrected chi connectivity index (χ2v) is 6.49. The van der Waals surface area contributed by atoms with Gasteiger partial charge in [0.05, 0.1) is 0 Å². The predicted octanol–water partition coefficient (Wildman–Crippen LogP) is 1.17. The Balaban J connectivity index is 1.41. The normalized spacial score (nSPS) is 18.0. The fourth-order valence-corrected chi connectivity index (χ4v) is 2.80. The van der Waals surface area contributed by atoms with Crippen molar-refractivity contribution in [3.8, 4) is 0 Å². The molecule has 1 aromatic heterocycles. The number of amides is 1. The third-order valence-electron chi connectivity index (χ3n) is 3.41. The number of rotatable bonds is 8. The van der Waals surface area contributed by atoms with Crippen molar-refractivity contribution in [3.63, 3.8) is 0 Å². The highest BCUT2D eigenvalue weighted by Gasteiger charge is 2.24. The van der Waals surface area contributed by atoms with Gasteiger partial charge in [-0.2, -0.15) is 0 Å². The Morgan fingerprint density at radius 2 is 2.00 bits per heavy atom. The Bertz CT molecular complexity index is 481. The number of anilines is 2. The quantitative estimate of drug-likeness (QED) is 0.540. The molecule has 110 valence electrons. The van der Waals surface area contributed by atoms with Crippen LogP contribution >= 0.6 is 11.3 Å². The summed E-state index contributed by atoms with van der Waals surface area (Å²) in [7, 11) is 0. The number of nitrogens with one attached hydrogen (secondary N) is 3. The lowest BCUT2D eigenvalue weighted by Crippen LogP contribution is -2.27. The molecular formula is C13H21N5OS. The van der Waals surface area contributed by atoms with E-state index in [1.54, 1.807) is 0 Å². The van der Waals surface area contributed by atoms with Gasteiger partial charge in [-0.15, -0.1) is 0 Å². The Kier molecular flexibility index (Phi) is 4.07. The summed E-state index contributed by atoms with van der Waals surface area (Å²) in [6, 6.07) is 1.24. The SMILES string of the molecule is Nc1nc(NC2CC2)sc1C(=O)NCCCNC1CC1. The first-order valence-corrected chi connectivity index (χ1v) is 8.08. The van der Waals surface area contributed by atoms with E-state index in [9.17, 15) is 4.79 Å². The number of carbonyl (C=O) groups is 1. The molecule has 7 heteroatoms. The molecule has 1 aromatic rings. The van der Waals surface area contributed by atoms with Crippen molar-refractivity contribution in [2.24, 2.45) is 0 Å². The fraction of sp³-hybridized carbons (Fsp3) is 0.692. The minimum atomic E-state index is -0.115. The van der Waals surface area contributed by atoms with Gasteiger partial charge in [-0.1, -0.05) is 11.3 Å². The van der Waals surface area contributed by atoms with Gasteiger partial charge in [0, 0.05) is 18.6 Å². The molecule has 0 aromatic carbocycles. The van der Waals surface area contributed by atoms with Gasteiger partial charge in [0.2, 0.25) is 0 Å². The van der Waals surface area contributed by atoms with Crippen molar-refractivity contribution in [2.75, 3.05) is 24.1 Å². The Hall–Kier alpha value is -1.34. The van der Waals surface area contributed by atoms with Gasteiger partial charge in [0.1, 0.15) is 10.7 Å². The number of carbonyl (C=O) groups excluding carboxylic acids is 1. The highest BCUT2D eigenvalue weighted by Crippen LogP contribution is 2.30. The zero-order chi connectivity index (χ0) is 13.9. The number of hydrogen-bond acceptors (Lipinski definition) is 6. The summed E-state index contributed by atoms with van der Waals surface area (Å²) in [5, 5.41) is 10.3. The van der Waals surface area contributed by atoms with Crippen LogP contribution in [-0.2, 0) is 0 Å². The second-order valence-electron chi connectivity index (χ2n) is 5.49. The fourth-order valence-electron chi connectivity index (χ4n) is 1.92. The molecule has 2 aliphatic rings. The summed E-state index contributed by atoms with van der Waals surface area (Å²) in [6.45, 7) is 1.62. The first kappa shape index (κ1) is 13.6. The van der Waals surface area contributed by atoms with Crippen molar-refractivity contribution in [1.82, 2.24) is 15.6 Å². The Morgan fingerprint density at radius 1 is 1.25 bits per heavy atom. The molecule has 0 atom stereocenters. The van der Waals surface area contributed by atoms with Crippen LogP contribution in [0, 0.1) is 0 Å². The zero-order valence-corrected chi connectivity index (χ0v) is 12.3. The standard InChI is InChI=1S/C13H21N5OS/c14-11-10(20-13(18-11)17-9-4-5-9)12(19)16-7-1-6-15-8-2-3-8/h8-9,15H,1-7,14H2,(H,16,19)(H,17,18). The van der Waals surface area contributed by atoms with Gasteiger partial charge >= 0.3 is 0 Å². The summed E-state index contributed by atoms with van der Waals surface area (Å²) in [6.07, 6.45) is 5.87. The molecule has 0 unspecified atom stereocenters. The Labute approximate surface area is 122 Å². The van der Waals surface area contributed by atoms with Gasteiger partial charge in [-0.3, -0.25) is 4.79 Å². The third-order valence-corrected chi connectivity index (χ3v) is 4.42. The molecule has 0 saturated heterocycles. The molecule has 0 spiro atoms. The number of nitrogen functional groups attached to an aromatic ring is 1. The highest BCUT2D eigenvalue weighted by molar-refractivity contribution is 7.18. The van der Waals surface area contributed by atoms with Crippen LogP contribution in [-0.4, -0.2) is 36.1 Å². The van der Waals surface area contributed by atoms with E-state index in [-0.39, 0.29) is 5.91 Å². The Morgan fingerprint density at radius 3 is 2.70 bits per heavy atom. The van der Waals surface area contributed by atoms with Crippen LogP contribution in [0.15, 0.2) is 0 Å². The van der Waals surface area contributed by atoms with Crippen LogP contribution < -0.4 is 21.7 Å². The molecule has 2 aliphatic carbocycles. The molecule has 6 nitrogen and oxygen atoms in total. The maximum Gasteiger partial charge on any atom is 0.265 e. The maximum absolute atomic E-state index is 12.0. The zero-order valence-electron chi connectivity index (χ0n) is 11.4.